The number of unbranched alkanes of at least 4 members (excludes halogenated alkanes) is 6. The van der Waals surface area contributed by atoms with Gasteiger partial charge in [-0.05, 0) is 154 Å². The molecular weight excluding hydrogens is 1260 g/mol. The molecule has 5 aliphatic rings. The predicted molar refractivity (Wildman–Crippen MR) is 344 cm³/mol. The van der Waals surface area contributed by atoms with E-state index < -0.39 is 57.1 Å². The van der Waals surface area contributed by atoms with E-state index in [-0.39, 0.29) is 52.0 Å². The zero-order valence-corrected chi connectivity index (χ0v) is 55.4. The van der Waals surface area contributed by atoms with Crippen molar-refractivity contribution in [2.24, 2.45) is 0 Å². The van der Waals surface area contributed by atoms with Crippen molar-refractivity contribution in [3.63, 3.8) is 0 Å². The van der Waals surface area contributed by atoms with Crippen molar-refractivity contribution >= 4 is 69.4 Å². The lowest BCUT2D eigenvalue weighted by Crippen LogP contribution is -2.34. The van der Waals surface area contributed by atoms with Crippen molar-refractivity contribution in [1.29, 1.82) is 0 Å². The molecule has 0 saturated carbocycles. The molecule has 2 atom stereocenters. The van der Waals surface area contributed by atoms with Gasteiger partial charge < -0.3 is 38.8 Å². The highest BCUT2D eigenvalue weighted by Gasteiger charge is 2.49. The number of nitrogens with one attached hydrogen (secondary N) is 1. The van der Waals surface area contributed by atoms with Crippen LogP contribution in [0.5, 0.6) is 5.75 Å². The van der Waals surface area contributed by atoms with E-state index in [1.807, 2.05) is 49.3 Å². The molecule has 3 aromatic rings. The molecule has 0 bridgehead atoms. The van der Waals surface area contributed by atoms with Gasteiger partial charge in [0.05, 0.1) is 56.9 Å². The number of alkyl halides is 1. The Bertz CT molecular complexity index is 3660. The highest BCUT2D eigenvalue weighted by atomic mass is 35.5. The van der Waals surface area contributed by atoms with Gasteiger partial charge in [0.1, 0.15) is 21.3 Å². The van der Waals surface area contributed by atoms with Crippen LogP contribution in [-0.2, 0) is 87.9 Å². The number of rotatable bonds is 37. The Morgan fingerprint density at radius 3 is 1.84 bits per heavy atom. The molecule has 4 aliphatic heterocycles. The van der Waals surface area contributed by atoms with Gasteiger partial charge in [0.25, 0.3) is 40.5 Å². The third-order valence-electron chi connectivity index (χ3n) is 17.4. The second-order valence-electron chi connectivity index (χ2n) is 23.8. The second kappa shape index (κ2) is 31.8. The first kappa shape index (κ1) is 70.9. The lowest BCUT2D eigenvalue weighted by molar-refractivity contribution is -0.121. The zero-order valence-electron chi connectivity index (χ0n) is 51.3. The van der Waals surface area contributed by atoms with Crippen LogP contribution in [0.15, 0.2) is 122 Å². The summed E-state index contributed by atoms with van der Waals surface area (Å²) < 4.78 is 171. The Morgan fingerprint density at radius 2 is 1.20 bits per heavy atom. The summed E-state index contributed by atoms with van der Waals surface area (Å²) in [4.78, 5) is 16.3. The van der Waals surface area contributed by atoms with Crippen LogP contribution in [-0.4, -0.2) is 142 Å². The highest BCUT2D eigenvalue weighted by molar-refractivity contribution is 7.86. The molecule has 0 saturated heterocycles. The van der Waals surface area contributed by atoms with Gasteiger partial charge in [-0.2, -0.15) is 33.7 Å². The van der Waals surface area contributed by atoms with Crippen molar-refractivity contribution in [3.8, 4) is 5.75 Å². The van der Waals surface area contributed by atoms with Crippen molar-refractivity contribution < 1.29 is 80.4 Å². The van der Waals surface area contributed by atoms with Crippen LogP contribution in [0.2, 0.25) is 0 Å². The van der Waals surface area contributed by atoms with Crippen molar-refractivity contribution in [1.82, 2.24) is 5.32 Å². The molecule has 0 radical (unpaired) electrons. The summed E-state index contributed by atoms with van der Waals surface area (Å²) >= 11 is 5.71. The summed E-state index contributed by atoms with van der Waals surface area (Å²) in [5.74, 6) is 0.744. The summed E-state index contributed by atoms with van der Waals surface area (Å²) in [5.41, 5.74) is 4.96. The topological polar surface area (TPSA) is 299 Å². The second-order valence-corrected chi connectivity index (χ2v) is 30.0. The average molecular weight is 1350 g/mol. The molecule has 26 heteroatoms. The van der Waals surface area contributed by atoms with Crippen LogP contribution in [0.1, 0.15) is 139 Å². The SMILES string of the molecule is CC1(CCCCS(=O)(=O)O)C(/C=C/C2=C(Oc3ccc(S(=O)(=O)O)cc3)C(=C/C=C3/N4CCCc5ccc(S(=O)(=O)O)c(c54)C3(C)CCCCCC(=O)NCCOCCOCCOCCOCCCCCCCl)/CCC2)=CN2CCc3ccc(S(=O)(=O)O)c1c32. The molecule has 5 N–H and O–H groups in total. The lowest BCUT2D eigenvalue weighted by atomic mass is 9.69. The molecule has 90 heavy (non-hydrogen) atoms. The fraction of sp³-hybridized carbons (Fsp3) is 0.547. The number of allylic oxidation sites excluding steroid dienone is 8. The molecule has 4 heterocycles. The van der Waals surface area contributed by atoms with Gasteiger partial charge in [-0.1, -0.05) is 69.4 Å². The van der Waals surface area contributed by atoms with E-state index in [9.17, 15) is 56.7 Å². The van der Waals surface area contributed by atoms with Crippen molar-refractivity contribution in [2.45, 2.75) is 155 Å². The quantitative estimate of drug-likeness (QED) is 0.0204. The maximum atomic E-state index is 13.3. The molecular formula is C64H86ClN3O18S4. The largest absolute Gasteiger partial charge is 0.457 e. The number of anilines is 2. The summed E-state index contributed by atoms with van der Waals surface area (Å²) in [5, 5.41) is 2.91. The monoisotopic (exact) mass is 1350 g/mol. The van der Waals surface area contributed by atoms with Crippen LogP contribution < -0.4 is 19.9 Å². The van der Waals surface area contributed by atoms with Gasteiger partial charge >= 0.3 is 0 Å². The van der Waals surface area contributed by atoms with E-state index in [0.717, 1.165) is 60.2 Å². The third-order valence-corrected chi connectivity index (χ3v) is 21.1. The molecule has 21 nitrogen and oxygen atoms in total. The van der Waals surface area contributed by atoms with Gasteiger partial charge in [0, 0.05) is 83.8 Å². The van der Waals surface area contributed by atoms with E-state index in [4.69, 9.17) is 35.3 Å². The number of aryl methyl sites for hydroxylation is 1. The van der Waals surface area contributed by atoms with Crippen LogP contribution >= 0.6 is 11.6 Å². The fourth-order valence-corrected chi connectivity index (χ4v) is 15.8. The molecule has 0 aromatic heterocycles. The van der Waals surface area contributed by atoms with Crippen LogP contribution in [0.3, 0.4) is 0 Å². The van der Waals surface area contributed by atoms with Gasteiger partial charge in [-0.3, -0.25) is 23.0 Å². The average Bonchev–Trinajstić information content (AvgIpc) is 1.48. The van der Waals surface area contributed by atoms with Crippen molar-refractivity contribution in [3.05, 3.63) is 129 Å². The van der Waals surface area contributed by atoms with Gasteiger partial charge in [-0.25, -0.2) is 0 Å². The first-order valence-electron chi connectivity index (χ1n) is 31.0. The number of nitrogens with zero attached hydrogens (tertiary/aromatic N) is 2. The van der Waals surface area contributed by atoms with E-state index in [1.165, 1.54) is 36.4 Å². The standard InChI is InChI=1S/C64H86ClN3O18S4/c1-63(31-8-11-45-87(70,71)72)51(46-67-36-30-48-20-28-54(89(76,77)78)58(63)60(48)67)22-18-49-14-12-15-50(62(49)86-52-23-25-53(26-24-52)88(73,74)75)21-29-56-64(2,59-55(90(79,80)81)27-19-47-16-13-35-68(56)61(47)59)32-7-5-6-17-57(69)66-34-38-83-40-42-85-44-43-84-41-39-82-37-10-4-3-9-33-65/h18-29,46H,3-17,30-45H2,1-2H3,(H,66,69)(H,70,71,72)(H,73,74,75)(H,76,77,78)(H,79,80,81)/b22-18+,50-21+,56-29+. The Balaban J connectivity index is 1.00. The molecule has 8 rings (SSSR count). The lowest BCUT2D eigenvalue weighted by Gasteiger charge is -2.41. The number of amides is 1. The molecule has 2 unspecified atom stereocenters. The van der Waals surface area contributed by atoms with E-state index in [0.29, 0.717) is 170 Å². The minimum atomic E-state index is -4.76. The maximum Gasteiger partial charge on any atom is 0.294 e. The first-order chi connectivity index (χ1) is 42.8. The summed E-state index contributed by atoms with van der Waals surface area (Å²) in [7, 11) is -18.3. The molecule has 496 valence electrons. The molecule has 1 amide bonds. The summed E-state index contributed by atoms with van der Waals surface area (Å²) in [6.07, 6.45) is 20.7. The minimum absolute atomic E-state index is 0.0786. The smallest absolute Gasteiger partial charge is 0.294 e. The Hall–Kier alpha value is -5.00. The van der Waals surface area contributed by atoms with Crippen LogP contribution in [0, 0.1) is 0 Å². The van der Waals surface area contributed by atoms with Gasteiger partial charge in [0.2, 0.25) is 5.91 Å². The molecule has 1 aliphatic carbocycles. The maximum absolute atomic E-state index is 13.3. The Labute approximate surface area is 535 Å². The number of hydrogen-bond donors (Lipinski definition) is 5. The fourth-order valence-electron chi connectivity index (χ4n) is 12.9. The molecule has 0 spiro atoms. The number of benzene rings is 3. The van der Waals surface area contributed by atoms with Crippen LogP contribution in [0.25, 0.3) is 0 Å². The zero-order chi connectivity index (χ0) is 64.7. The van der Waals surface area contributed by atoms with E-state index >= 15 is 0 Å². The predicted octanol–water partition coefficient (Wildman–Crippen LogP) is 10.5. The van der Waals surface area contributed by atoms with E-state index in [2.05, 4.69) is 10.2 Å². The number of carbonyl (C=O) groups excluding carboxylic acids is 1. The van der Waals surface area contributed by atoms with E-state index in [1.54, 1.807) is 12.1 Å². The normalized spacial score (nSPS) is 20.1. The third kappa shape index (κ3) is 18.4. The molecule has 3 aromatic carbocycles. The van der Waals surface area contributed by atoms with Crippen LogP contribution in [0.4, 0.5) is 11.4 Å². The van der Waals surface area contributed by atoms with Crippen molar-refractivity contribution in [2.75, 3.05) is 93.9 Å². The summed E-state index contributed by atoms with van der Waals surface area (Å²) in [6.45, 7) is 8.98. The van der Waals surface area contributed by atoms with Gasteiger partial charge in [0.15, 0.2) is 0 Å². The minimum Gasteiger partial charge on any atom is -0.457 e. The number of ether oxygens (including phenoxy) is 5. The number of carbonyl (C=O) groups is 1. The highest BCUT2D eigenvalue weighted by Crippen LogP contribution is 2.56. The number of halogens is 1. The number of hydrogen-bond acceptors (Lipinski definition) is 16. The summed E-state index contributed by atoms with van der Waals surface area (Å²) in [6, 6.07) is 11.6. The first-order valence-corrected chi connectivity index (χ1v) is 37.5. The van der Waals surface area contributed by atoms with Gasteiger partial charge in [-0.15, -0.1) is 11.6 Å². The molecule has 0 fully saturated rings. The Morgan fingerprint density at radius 1 is 0.600 bits per heavy atom. The Kier molecular flexibility index (Phi) is 25.0.